The van der Waals surface area contributed by atoms with Gasteiger partial charge in [-0.1, -0.05) is 6.07 Å². The SMILES string of the molecule is COc1ccc(NN=c2c(=O)c(=O)c(=NNc3ccc(OC)cc3)c3cc(S(=O)(=O)[O-])ccc23)cc1.[Na+]. The van der Waals surface area contributed by atoms with Gasteiger partial charge in [0.15, 0.2) is 0 Å². The van der Waals surface area contributed by atoms with Crippen molar-refractivity contribution in [3.05, 3.63) is 97.9 Å². The maximum Gasteiger partial charge on any atom is 1.00 e. The van der Waals surface area contributed by atoms with Gasteiger partial charge in [0.05, 0.1) is 30.5 Å². The molecule has 0 atom stereocenters. The summed E-state index contributed by atoms with van der Waals surface area (Å²) in [6, 6.07) is 16.5. The van der Waals surface area contributed by atoms with Gasteiger partial charge in [-0.05, 0) is 60.7 Å². The fraction of sp³-hybridized carbons (Fsp3) is 0.0833. The fourth-order valence-electron chi connectivity index (χ4n) is 3.33. The van der Waals surface area contributed by atoms with E-state index in [0.29, 0.717) is 22.9 Å². The largest absolute Gasteiger partial charge is 1.00 e. The van der Waals surface area contributed by atoms with Gasteiger partial charge >= 0.3 is 29.6 Å². The van der Waals surface area contributed by atoms with Crippen molar-refractivity contribution in [2.24, 2.45) is 10.2 Å². The molecule has 0 radical (unpaired) electrons. The van der Waals surface area contributed by atoms with Crippen LogP contribution in [-0.4, -0.2) is 27.2 Å². The number of fused-ring (bicyclic) bond motifs is 1. The van der Waals surface area contributed by atoms with Crippen LogP contribution in [0.1, 0.15) is 0 Å². The predicted octanol–water partition coefficient (Wildman–Crippen LogP) is -1.78. The standard InChI is InChI=1S/C24H20N4O7S.Na/c1-34-16-7-3-14(4-8-16)25-27-21-19-12-11-18(36(31,32)33)13-20(19)22(24(30)23(21)29)28-26-15-5-9-17(35-2)10-6-15;/h3-13,25-26H,1-2H3,(H,31,32,33);/q;+1/p-1. The van der Waals surface area contributed by atoms with Gasteiger partial charge in [0.25, 0.3) is 10.9 Å². The van der Waals surface area contributed by atoms with Crippen LogP contribution in [0.4, 0.5) is 11.4 Å². The Kier molecular flexibility index (Phi) is 8.84. The van der Waals surface area contributed by atoms with Crippen LogP contribution in [0, 0.1) is 0 Å². The van der Waals surface area contributed by atoms with Crippen molar-refractivity contribution in [1.29, 1.82) is 0 Å². The number of hydrogen-bond donors (Lipinski definition) is 2. The van der Waals surface area contributed by atoms with Gasteiger partial charge in [-0.2, -0.15) is 10.2 Å². The molecule has 2 N–H and O–H groups in total. The monoisotopic (exact) mass is 530 g/mol. The molecule has 0 unspecified atom stereocenters. The summed E-state index contributed by atoms with van der Waals surface area (Å²) in [4.78, 5) is 25.4. The molecule has 184 valence electrons. The van der Waals surface area contributed by atoms with E-state index in [-0.39, 0.29) is 51.0 Å². The summed E-state index contributed by atoms with van der Waals surface area (Å²) in [7, 11) is -1.82. The minimum absolute atomic E-state index is 0. The van der Waals surface area contributed by atoms with E-state index in [9.17, 15) is 22.6 Å². The zero-order valence-electron chi connectivity index (χ0n) is 20.0. The summed E-state index contributed by atoms with van der Waals surface area (Å²) in [6.45, 7) is 0. The second-order valence-corrected chi connectivity index (χ2v) is 8.80. The molecule has 11 nitrogen and oxygen atoms in total. The topological polar surface area (TPSA) is 159 Å². The quantitative estimate of drug-likeness (QED) is 0.122. The summed E-state index contributed by atoms with van der Waals surface area (Å²) in [6.07, 6.45) is 0. The van der Waals surface area contributed by atoms with Crippen LogP contribution in [0.5, 0.6) is 11.5 Å². The average molecular weight is 530 g/mol. The third-order valence-electron chi connectivity index (χ3n) is 5.20. The molecule has 0 bridgehead atoms. The molecule has 0 saturated heterocycles. The van der Waals surface area contributed by atoms with E-state index in [0.717, 1.165) is 12.1 Å². The molecule has 0 amide bonds. The third kappa shape index (κ3) is 6.24. The fourth-order valence-corrected chi connectivity index (χ4v) is 3.83. The van der Waals surface area contributed by atoms with Crippen LogP contribution >= 0.6 is 0 Å². The van der Waals surface area contributed by atoms with Gasteiger partial charge in [-0.15, -0.1) is 0 Å². The molecule has 0 saturated carbocycles. The molecular weight excluding hydrogens is 511 g/mol. The Morgan fingerprint density at radius 1 is 0.703 bits per heavy atom. The Balaban J connectivity index is 0.00000380. The second kappa shape index (κ2) is 11.7. The Bertz CT molecular complexity index is 1770. The summed E-state index contributed by atoms with van der Waals surface area (Å²) in [5.74, 6) is 1.21. The average Bonchev–Trinajstić information content (AvgIpc) is 2.88. The van der Waals surface area contributed by atoms with Crippen LogP contribution in [0.2, 0.25) is 0 Å². The Labute approximate surface area is 232 Å². The number of benzene rings is 4. The van der Waals surface area contributed by atoms with Crippen molar-refractivity contribution in [2.75, 3.05) is 25.1 Å². The number of methoxy groups -OCH3 is 2. The summed E-state index contributed by atoms with van der Waals surface area (Å²) >= 11 is 0. The molecule has 37 heavy (non-hydrogen) atoms. The maximum atomic E-state index is 13.0. The van der Waals surface area contributed by atoms with Crippen LogP contribution in [-0.2, 0) is 10.1 Å². The molecule has 0 heterocycles. The van der Waals surface area contributed by atoms with Gasteiger partial charge < -0.3 is 14.0 Å². The number of hydrogen-bond acceptors (Lipinski definition) is 11. The minimum Gasteiger partial charge on any atom is -0.744 e. The Morgan fingerprint density at radius 3 is 1.54 bits per heavy atom. The smallest absolute Gasteiger partial charge is 0.744 e. The van der Waals surface area contributed by atoms with E-state index in [2.05, 4.69) is 21.1 Å². The van der Waals surface area contributed by atoms with Gasteiger partial charge in [0, 0.05) is 10.8 Å². The second-order valence-electron chi connectivity index (χ2n) is 7.42. The number of rotatable bonds is 7. The number of nitrogens with one attached hydrogen (secondary N) is 2. The first-order chi connectivity index (χ1) is 17.2. The zero-order valence-corrected chi connectivity index (χ0v) is 22.8. The molecule has 13 heteroatoms. The predicted molar refractivity (Wildman–Crippen MR) is 131 cm³/mol. The van der Waals surface area contributed by atoms with E-state index < -0.39 is 25.9 Å². The molecule has 0 aliphatic heterocycles. The van der Waals surface area contributed by atoms with Gasteiger partial charge in [0.2, 0.25) is 0 Å². The van der Waals surface area contributed by atoms with E-state index in [1.807, 2.05) is 0 Å². The number of nitrogens with zero attached hydrogens (tertiary/aromatic N) is 2. The molecule has 4 rings (SSSR count). The molecule has 4 aromatic carbocycles. The molecule has 0 spiro atoms. The van der Waals surface area contributed by atoms with E-state index in [4.69, 9.17) is 9.47 Å². The Morgan fingerprint density at radius 2 is 1.14 bits per heavy atom. The van der Waals surface area contributed by atoms with Crippen molar-refractivity contribution >= 4 is 32.3 Å². The summed E-state index contributed by atoms with van der Waals surface area (Å²) < 4.78 is 45.1. The van der Waals surface area contributed by atoms with Crippen LogP contribution < -0.4 is 71.5 Å². The number of anilines is 2. The van der Waals surface area contributed by atoms with E-state index in [1.54, 1.807) is 48.5 Å². The first-order valence-electron chi connectivity index (χ1n) is 10.4. The van der Waals surface area contributed by atoms with Crippen LogP contribution in [0.25, 0.3) is 10.8 Å². The zero-order chi connectivity index (χ0) is 25.9. The molecular formula is C24H19N4NaO7S. The molecule has 0 aliphatic rings. The first-order valence-corrected chi connectivity index (χ1v) is 11.8. The van der Waals surface area contributed by atoms with Gasteiger partial charge in [-0.25, -0.2) is 8.42 Å². The van der Waals surface area contributed by atoms with Crippen molar-refractivity contribution in [1.82, 2.24) is 0 Å². The minimum atomic E-state index is -4.85. The molecule has 0 aliphatic carbocycles. The van der Waals surface area contributed by atoms with Crippen molar-refractivity contribution in [3.63, 3.8) is 0 Å². The first kappa shape index (κ1) is 28.0. The van der Waals surface area contributed by atoms with Crippen LogP contribution in [0.15, 0.2) is 91.4 Å². The molecule has 4 aromatic rings. The normalized spacial score (nSPS) is 12.2. The van der Waals surface area contributed by atoms with Gasteiger partial charge in [-0.3, -0.25) is 20.4 Å². The number of ether oxygens (including phenoxy) is 2. The van der Waals surface area contributed by atoms with Gasteiger partial charge in [0.1, 0.15) is 32.3 Å². The Hall–Kier alpha value is -3.55. The van der Waals surface area contributed by atoms with Crippen molar-refractivity contribution in [2.45, 2.75) is 4.90 Å². The maximum absolute atomic E-state index is 13.0. The van der Waals surface area contributed by atoms with Crippen molar-refractivity contribution in [3.8, 4) is 11.5 Å². The van der Waals surface area contributed by atoms with E-state index in [1.165, 1.54) is 20.3 Å². The summed E-state index contributed by atoms with van der Waals surface area (Å²) in [5.41, 5.74) is 4.35. The van der Waals surface area contributed by atoms with Crippen molar-refractivity contribution < 1.29 is 52.0 Å². The van der Waals surface area contributed by atoms with Crippen LogP contribution in [0.3, 0.4) is 0 Å². The van der Waals surface area contributed by atoms with E-state index >= 15 is 0 Å². The molecule has 0 fully saturated rings. The molecule has 0 aromatic heterocycles. The third-order valence-corrected chi connectivity index (χ3v) is 6.03. The summed E-state index contributed by atoms with van der Waals surface area (Å²) in [5, 5.41) is 7.60.